The van der Waals surface area contributed by atoms with Gasteiger partial charge in [0.2, 0.25) is 5.91 Å². The number of esters is 1. The van der Waals surface area contributed by atoms with Gasteiger partial charge in [-0.15, -0.1) is 0 Å². The van der Waals surface area contributed by atoms with E-state index in [4.69, 9.17) is 9.47 Å². The van der Waals surface area contributed by atoms with Crippen molar-refractivity contribution in [1.29, 1.82) is 0 Å². The maximum absolute atomic E-state index is 13.7. The molecule has 1 amide bonds. The highest BCUT2D eigenvalue weighted by Gasteiger charge is 2.15. The van der Waals surface area contributed by atoms with E-state index >= 15 is 0 Å². The fourth-order valence-corrected chi connectivity index (χ4v) is 2.83. The summed E-state index contributed by atoms with van der Waals surface area (Å²) in [5.74, 6) is -1.09. The van der Waals surface area contributed by atoms with E-state index in [9.17, 15) is 14.0 Å². The summed E-state index contributed by atoms with van der Waals surface area (Å²) in [5, 5.41) is 6.60. The van der Waals surface area contributed by atoms with Crippen LogP contribution in [0.4, 0.5) is 21.5 Å². The molecule has 0 saturated carbocycles. The van der Waals surface area contributed by atoms with E-state index in [2.05, 4.69) is 15.6 Å². The van der Waals surface area contributed by atoms with E-state index < -0.39 is 11.8 Å². The number of carbonyl (C=O) groups is 2. The molecule has 8 heteroatoms. The molecule has 0 bridgehead atoms. The first-order valence-electron chi connectivity index (χ1n) is 8.63. The summed E-state index contributed by atoms with van der Waals surface area (Å²) in [5.41, 5.74) is 2.65. The molecule has 0 aliphatic heterocycles. The highest BCUT2D eigenvalue weighted by Crippen LogP contribution is 2.33. The number of ether oxygens (including phenoxy) is 2. The molecule has 1 aromatic heterocycles. The molecule has 3 aromatic rings. The van der Waals surface area contributed by atoms with Gasteiger partial charge in [-0.3, -0.25) is 4.79 Å². The summed E-state index contributed by atoms with van der Waals surface area (Å²) in [6, 6.07) is 9.47. The van der Waals surface area contributed by atoms with Crippen molar-refractivity contribution in [2.45, 2.75) is 13.8 Å². The van der Waals surface area contributed by atoms with Crippen molar-refractivity contribution in [3.8, 4) is 5.75 Å². The van der Waals surface area contributed by atoms with Crippen LogP contribution in [0.15, 0.2) is 36.4 Å². The van der Waals surface area contributed by atoms with Crippen LogP contribution < -0.4 is 15.4 Å². The Hall–Kier alpha value is -3.55. The van der Waals surface area contributed by atoms with E-state index in [-0.39, 0.29) is 24.0 Å². The monoisotopic (exact) mass is 385 g/mol. The maximum Gasteiger partial charge on any atom is 0.354 e. The molecule has 0 aliphatic rings. The Morgan fingerprint density at radius 1 is 1.14 bits per heavy atom. The molecule has 0 aliphatic carbocycles. The number of amides is 1. The standard InChI is InChI=1S/C20H20FN3O4/c1-4-28-20(26)18-10-14-16(7-13(22-11(2)25)8-17(14)24-18)23-12-5-6-15(21)19(9-12)27-3/h5-10,23-24H,4H2,1-3H3,(H,22,25). The molecule has 3 N–H and O–H groups in total. The van der Waals surface area contributed by atoms with Crippen molar-refractivity contribution in [2.75, 3.05) is 24.4 Å². The Kier molecular flexibility index (Phi) is 5.49. The number of anilines is 3. The van der Waals surface area contributed by atoms with Crippen LogP contribution in [-0.4, -0.2) is 30.6 Å². The number of benzene rings is 2. The molecule has 0 spiro atoms. The van der Waals surface area contributed by atoms with Crippen molar-refractivity contribution in [1.82, 2.24) is 4.98 Å². The maximum atomic E-state index is 13.7. The second-order valence-corrected chi connectivity index (χ2v) is 6.04. The average Bonchev–Trinajstić information content (AvgIpc) is 3.07. The normalized spacial score (nSPS) is 10.6. The van der Waals surface area contributed by atoms with Gasteiger partial charge in [-0.1, -0.05) is 0 Å². The van der Waals surface area contributed by atoms with Crippen LogP contribution in [0, 0.1) is 5.82 Å². The van der Waals surface area contributed by atoms with Crippen molar-refractivity contribution >= 4 is 39.8 Å². The fourth-order valence-electron chi connectivity index (χ4n) is 2.83. The molecular formula is C20H20FN3O4. The van der Waals surface area contributed by atoms with Crippen LogP contribution >= 0.6 is 0 Å². The van der Waals surface area contributed by atoms with E-state index in [1.165, 1.54) is 26.2 Å². The van der Waals surface area contributed by atoms with Crippen LogP contribution in [0.5, 0.6) is 5.75 Å². The third-order valence-corrected chi connectivity index (χ3v) is 3.98. The molecule has 0 fully saturated rings. The Morgan fingerprint density at radius 3 is 2.61 bits per heavy atom. The second-order valence-electron chi connectivity index (χ2n) is 6.04. The number of nitrogens with one attached hydrogen (secondary N) is 3. The van der Waals surface area contributed by atoms with Crippen LogP contribution in [0.2, 0.25) is 0 Å². The van der Waals surface area contributed by atoms with Gasteiger partial charge in [-0.2, -0.15) is 0 Å². The summed E-state index contributed by atoms with van der Waals surface area (Å²) in [7, 11) is 1.38. The molecule has 1 heterocycles. The summed E-state index contributed by atoms with van der Waals surface area (Å²) in [6.07, 6.45) is 0. The zero-order valence-corrected chi connectivity index (χ0v) is 15.7. The van der Waals surface area contributed by atoms with E-state index in [0.717, 1.165) is 0 Å². The van der Waals surface area contributed by atoms with Crippen LogP contribution in [0.3, 0.4) is 0 Å². The SMILES string of the molecule is CCOC(=O)c1cc2c(Nc3ccc(F)c(OC)c3)cc(NC(C)=O)cc2[nH]1. The Morgan fingerprint density at radius 2 is 1.93 bits per heavy atom. The molecule has 0 atom stereocenters. The quantitative estimate of drug-likeness (QED) is 0.553. The van der Waals surface area contributed by atoms with Gasteiger partial charge >= 0.3 is 5.97 Å². The highest BCUT2D eigenvalue weighted by molar-refractivity contribution is 6.03. The number of aromatic nitrogens is 1. The lowest BCUT2D eigenvalue weighted by Crippen LogP contribution is -2.06. The third kappa shape index (κ3) is 4.06. The highest BCUT2D eigenvalue weighted by atomic mass is 19.1. The van der Waals surface area contributed by atoms with Crippen LogP contribution in [-0.2, 0) is 9.53 Å². The van der Waals surface area contributed by atoms with Gasteiger partial charge in [0.1, 0.15) is 5.69 Å². The zero-order chi connectivity index (χ0) is 20.3. The number of aromatic amines is 1. The molecule has 2 aromatic carbocycles. The van der Waals surface area contributed by atoms with Gasteiger partial charge in [0.15, 0.2) is 11.6 Å². The minimum atomic E-state index is -0.478. The molecular weight excluding hydrogens is 365 g/mol. The van der Waals surface area contributed by atoms with Gasteiger partial charge in [-0.25, -0.2) is 9.18 Å². The summed E-state index contributed by atoms with van der Waals surface area (Å²) in [6.45, 7) is 3.39. The van der Waals surface area contributed by atoms with E-state index in [1.54, 1.807) is 31.2 Å². The third-order valence-electron chi connectivity index (χ3n) is 3.98. The minimum absolute atomic E-state index is 0.0977. The second kappa shape index (κ2) is 7.99. The number of halogens is 1. The molecule has 0 radical (unpaired) electrons. The topological polar surface area (TPSA) is 92.4 Å². The van der Waals surface area contributed by atoms with Crippen molar-refractivity contribution < 1.29 is 23.5 Å². The average molecular weight is 385 g/mol. The van der Waals surface area contributed by atoms with Gasteiger partial charge < -0.3 is 25.1 Å². The summed E-state index contributed by atoms with van der Waals surface area (Å²) in [4.78, 5) is 26.5. The number of H-pyrrole nitrogens is 1. The van der Waals surface area contributed by atoms with Crippen molar-refractivity contribution in [3.63, 3.8) is 0 Å². The first-order valence-corrected chi connectivity index (χ1v) is 8.63. The number of fused-ring (bicyclic) bond motifs is 1. The minimum Gasteiger partial charge on any atom is -0.494 e. The summed E-state index contributed by atoms with van der Waals surface area (Å²) >= 11 is 0. The van der Waals surface area contributed by atoms with Gasteiger partial charge in [0.05, 0.1) is 24.9 Å². The van der Waals surface area contributed by atoms with Gasteiger partial charge in [0, 0.05) is 29.8 Å². The molecule has 146 valence electrons. The Labute approximate surface area is 160 Å². The number of methoxy groups -OCH3 is 1. The smallest absolute Gasteiger partial charge is 0.354 e. The molecule has 0 saturated heterocycles. The Balaban J connectivity index is 2.07. The lowest BCUT2D eigenvalue weighted by Gasteiger charge is -2.12. The number of carbonyl (C=O) groups excluding carboxylic acids is 2. The van der Waals surface area contributed by atoms with Crippen LogP contribution in [0.25, 0.3) is 10.9 Å². The largest absolute Gasteiger partial charge is 0.494 e. The van der Waals surface area contributed by atoms with E-state index in [0.29, 0.717) is 28.0 Å². The Bertz CT molecular complexity index is 1050. The van der Waals surface area contributed by atoms with Gasteiger partial charge in [0.25, 0.3) is 0 Å². The molecule has 0 unspecified atom stereocenters. The zero-order valence-electron chi connectivity index (χ0n) is 15.7. The number of rotatable bonds is 6. The first kappa shape index (κ1) is 19.2. The predicted molar refractivity (Wildman–Crippen MR) is 105 cm³/mol. The van der Waals surface area contributed by atoms with Crippen molar-refractivity contribution in [3.05, 3.63) is 47.9 Å². The van der Waals surface area contributed by atoms with E-state index in [1.807, 2.05) is 0 Å². The van der Waals surface area contributed by atoms with Gasteiger partial charge in [-0.05, 0) is 37.3 Å². The lowest BCUT2D eigenvalue weighted by molar-refractivity contribution is -0.114. The molecule has 28 heavy (non-hydrogen) atoms. The predicted octanol–water partition coefficient (Wildman–Crippen LogP) is 4.19. The molecule has 7 nitrogen and oxygen atoms in total. The lowest BCUT2D eigenvalue weighted by atomic mass is 10.1. The summed E-state index contributed by atoms with van der Waals surface area (Å²) < 4.78 is 23.7. The first-order chi connectivity index (χ1) is 13.4. The number of hydrogen-bond donors (Lipinski definition) is 3. The molecule has 3 rings (SSSR count). The fraction of sp³-hybridized carbons (Fsp3) is 0.200. The van der Waals surface area contributed by atoms with Crippen LogP contribution in [0.1, 0.15) is 24.3 Å². The van der Waals surface area contributed by atoms with Crippen molar-refractivity contribution in [2.24, 2.45) is 0 Å². The number of hydrogen-bond acceptors (Lipinski definition) is 5.